The number of amides is 3. The van der Waals surface area contributed by atoms with Gasteiger partial charge in [0, 0.05) is 24.8 Å². The Hall–Kier alpha value is -2.81. The molecule has 1 aromatic carbocycles. The fourth-order valence-electron chi connectivity index (χ4n) is 1.98. The number of urea groups is 1. The number of ether oxygens (including phenoxy) is 1. The topological polar surface area (TPSA) is 128 Å². The van der Waals surface area contributed by atoms with E-state index in [1.54, 1.807) is 23.1 Å². The third kappa shape index (κ3) is 6.60. The molecule has 1 aromatic rings. The van der Waals surface area contributed by atoms with E-state index in [9.17, 15) is 19.5 Å². The molecule has 0 radical (unpaired) electrons. The van der Waals surface area contributed by atoms with Crippen LogP contribution in [0, 0.1) is 0 Å². The molecule has 0 saturated carbocycles. The maximum Gasteiger partial charge on any atom is 0.337 e. The number of carbonyl (C=O) groups is 3. The summed E-state index contributed by atoms with van der Waals surface area (Å²) in [6, 6.07) is 5.75. The molecule has 0 bridgehead atoms. The van der Waals surface area contributed by atoms with Gasteiger partial charge in [-0.2, -0.15) is 0 Å². The Morgan fingerprint density at radius 1 is 1.23 bits per heavy atom. The number of nitrogens with zero attached hydrogens (tertiary/aromatic N) is 1. The van der Waals surface area contributed by atoms with Gasteiger partial charge in [0.1, 0.15) is 5.75 Å². The third-order valence-electron chi connectivity index (χ3n) is 3.62. The van der Waals surface area contributed by atoms with E-state index in [4.69, 9.17) is 9.84 Å². The predicted molar refractivity (Wildman–Crippen MR) is 95.1 cm³/mol. The van der Waals surface area contributed by atoms with Gasteiger partial charge in [0.05, 0.1) is 6.54 Å². The molecule has 0 spiro atoms. The molecule has 9 nitrogen and oxygen atoms in total. The molecular weight excluding hydrogens is 342 g/mol. The summed E-state index contributed by atoms with van der Waals surface area (Å²) >= 11 is 0. The van der Waals surface area contributed by atoms with Gasteiger partial charge in [0.25, 0.3) is 5.91 Å². The first-order valence-corrected chi connectivity index (χ1v) is 8.20. The van der Waals surface area contributed by atoms with Crippen LogP contribution in [0.15, 0.2) is 24.3 Å². The van der Waals surface area contributed by atoms with Crippen molar-refractivity contribution in [3.63, 3.8) is 0 Å². The van der Waals surface area contributed by atoms with Gasteiger partial charge in [0.15, 0.2) is 12.2 Å². The maximum atomic E-state index is 11.9. The molecule has 1 unspecified atom stereocenters. The largest absolute Gasteiger partial charge is 0.484 e. The molecule has 0 aliphatic heterocycles. The number of likely N-dealkylation sites (N-methyl/N-ethyl adjacent to an activating group) is 1. The Morgan fingerprint density at radius 3 is 2.46 bits per heavy atom. The van der Waals surface area contributed by atoms with Crippen molar-refractivity contribution in [2.24, 2.45) is 0 Å². The highest BCUT2D eigenvalue weighted by atomic mass is 16.5. The first-order valence-electron chi connectivity index (χ1n) is 8.20. The lowest BCUT2D eigenvalue weighted by Crippen LogP contribution is -2.47. The van der Waals surface area contributed by atoms with Crippen LogP contribution in [0.3, 0.4) is 0 Å². The summed E-state index contributed by atoms with van der Waals surface area (Å²) in [5, 5.41) is 23.1. The molecule has 26 heavy (non-hydrogen) atoms. The van der Waals surface area contributed by atoms with Crippen molar-refractivity contribution in [3.8, 4) is 5.75 Å². The van der Waals surface area contributed by atoms with E-state index in [1.165, 1.54) is 6.07 Å². The van der Waals surface area contributed by atoms with Crippen molar-refractivity contribution in [1.82, 2.24) is 10.2 Å². The molecule has 1 rings (SSSR count). The summed E-state index contributed by atoms with van der Waals surface area (Å²) in [7, 11) is 0. The molecule has 0 fully saturated rings. The summed E-state index contributed by atoms with van der Waals surface area (Å²) < 4.78 is 5.44. The van der Waals surface area contributed by atoms with Crippen LogP contribution < -0.4 is 15.4 Å². The minimum Gasteiger partial charge on any atom is -0.484 e. The number of benzene rings is 1. The molecule has 144 valence electrons. The van der Waals surface area contributed by atoms with Gasteiger partial charge in [-0.25, -0.2) is 9.59 Å². The van der Waals surface area contributed by atoms with Crippen molar-refractivity contribution in [2.75, 3.05) is 31.6 Å². The summed E-state index contributed by atoms with van der Waals surface area (Å²) in [6.07, 6.45) is 0. The number of aliphatic hydroxyl groups is 1. The smallest absolute Gasteiger partial charge is 0.337 e. The molecule has 0 aliphatic carbocycles. The first-order chi connectivity index (χ1) is 12.2. The number of hydrogen-bond donors (Lipinski definition) is 4. The van der Waals surface area contributed by atoms with Gasteiger partial charge in [0.2, 0.25) is 0 Å². The molecule has 0 heterocycles. The number of hydrogen-bond acceptors (Lipinski definition) is 5. The van der Waals surface area contributed by atoms with Gasteiger partial charge in [-0.05, 0) is 32.9 Å². The van der Waals surface area contributed by atoms with Crippen molar-refractivity contribution >= 4 is 23.6 Å². The highest BCUT2D eigenvalue weighted by Gasteiger charge is 2.30. The lowest BCUT2D eigenvalue weighted by atomic mass is 10.1. The molecule has 0 saturated heterocycles. The van der Waals surface area contributed by atoms with Gasteiger partial charge in [-0.1, -0.05) is 6.07 Å². The van der Waals surface area contributed by atoms with E-state index in [0.717, 1.165) is 6.92 Å². The Kier molecular flexibility index (Phi) is 7.85. The van der Waals surface area contributed by atoms with E-state index in [1.807, 2.05) is 13.8 Å². The maximum absolute atomic E-state index is 11.9. The van der Waals surface area contributed by atoms with Crippen molar-refractivity contribution in [3.05, 3.63) is 24.3 Å². The Labute approximate surface area is 151 Å². The average Bonchev–Trinajstić information content (AvgIpc) is 2.59. The van der Waals surface area contributed by atoms with Crippen molar-refractivity contribution in [1.29, 1.82) is 0 Å². The SMILES string of the molecule is CCN(CC)C(=O)COc1cccc(NC(=O)NCC(C)(O)C(=O)O)c1. The summed E-state index contributed by atoms with van der Waals surface area (Å²) in [4.78, 5) is 36.2. The summed E-state index contributed by atoms with van der Waals surface area (Å²) in [6.45, 7) is 5.47. The zero-order valence-corrected chi connectivity index (χ0v) is 15.1. The van der Waals surface area contributed by atoms with Crippen LogP contribution in [-0.4, -0.2) is 64.9 Å². The fourth-order valence-corrected chi connectivity index (χ4v) is 1.98. The molecule has 3 amide bonds. The van der Waals surface area contributed by atoms with Crippen LogP contribution in [0.5, 0.6) is 5.75 Å². The predicted octanol–water partition coefficient (Wildman–Crippen LogP) is 0.891. The highest BCUT2D eigenvalue weighted by molar-refractivity contribution is 5.90. The number of anilines is 1. The average molecular weight is 367 g/mol. The second-order valence-electron chi connectivity index (χ2n) is 5.77. The second-order valence-corrected chi connectivity index (χ2v) is 5.77. The van der Waals surface area contributed by atoms with E-state index in [0.29, 0.717) is 24.5 Å². The summed E-state index contributed by atoms with van der Waals surface area (Å²) in [5.74, 6) is -1.17. The number of carboxylic acids is 1. The van der Waals surface area contributed by atoms with Crippen molar-refractivity contribution in [2.45, 2.75) is 26.4 Å². The van der Waals surface area contributed by atoms with E-state index in [2.05, 4.69) is 10.6 Å². The zero-order valence-electron chi connectivity index (χ0n) is 15.1. The fraction of sp³-hybridized carbons (Fsp3) is 0.471. The number of rotatable bonds is 9. The lowest BCUT2D eigenvalue weighted by Gasteiger charge is -2.19. The lowest BCUT2D eigenvalue weighted by molar-refractivity contribution is -0.155. The number of aliphatic carboxylic acids is 1. The van der Waals surface area contributed by atoms with E-state index < -0.39 is 24.1 Å². The quantitative estimate of drug-likeness (QED) is 0.513. The van der Waals surface area contributed by atoms with Gasteiger partial charge >= 0.3 is 12.0 Å². The number of carbonyl (C=O) groups excluding carboxylic acids is 2. The zero-order chi connectivity index (χ0) is 19.7. The highest BCUT2D eigenvalue weighted by Crippen LogP contribution is 2.17. The summed E-state index contributed by atoms with van der Waals surface area (Å²) in [5.41, 5.74) is -1.67. The van der Waals surface area contributed by atoms with Crippen molar-refractivity contribution < 1.29 is 29.3 Å². The second kappa shape index (κ2) is 9.62. The van der Waals surface area contributed by atoms with Gasteiger partial charge in [-0.3, -0.25) is 4.79 Å². The molecule has 1 atom stereocenters. The van der Waals surface area contributed by atoms with Crippen LogP contribution in [0.25, 0.3) is 0 Å². The van der Waals surface area contributed by atoms with Crippen LogP contribution in [-0.2, 0) is 9.59 Å². The van der Waals surface area contributed by atoms with Gasteiger partial charge in [-0.15, -0.1) is 0 Å². The normalized spacial score (nSPS) is 12.6. The van der Waals surface area contributed by atoms with Crippen LogP contribution in [0.1, 0.15) is 20.8 Å². The third-order valence-corrected chi connectivity index (χ3v) is 3.62. The standard InChI is InChI=1S/C17H25N3O6/c1-4-20(5-2)14(21)10-26-13-8-6-7-12(9-13)19-16(24)18-11-17(3,25)15(22)23/h6-9,25H,4-5,10-11H2,1-3H3,(H,22,23)(H2,18,19,24). The first kappa shape index (κ1) is 21.2. The molecule has 4 N–H and O–H groups in total. The monoisotopic (exact) mass is 367 g/mol. The Morgan fingerprint density at radius 2 is 1.88 bits per heavy atom. The molecule has 0 aromatic heterocycles. The van der Waals surface area contributed by atoms with E-state index >= 15 is 0 Å². The van der Waals surface area contributed by atoms with Crippen LogP contribution in [0.2, 0.25) is 0 Å². The minimum absolute atomic E-state index is 0.112. The Bertz CT molecular complexity index is 643. The number of nitrogens with one attached hydrogen (secondary N) is 2. The minimum atomic E-state index is -2.06. The van der Waals surface area contributed by atoms with E-state index in [-0.39, 0.29) is 12.5 Å². The molecular formula is C17H25N3O6. The molecule has 0 aliphatic rings. The molecule has 9 heteroatoms. The van der Waals surface area contributed by atoms with Crippen LogP contribution >= 0.6 is 0 Å². The van der Waals surface area contributed by atoms with Crippen LogP contribution in [0.4, 0.5) is 10.5 Å². The Balaban J connectivity index is 2.57. The van der Waals surface area contributed by atoms with Gasteiger partial charge < -0.3 is 30.5 Å². The number of carboxylic acid groups (broad SMARTS) is 1.